The maximum Gasteiger partial charge on any atom is 0.323 e. The quantitative estimate of drug-likeness (QED) is 0.621. The second kappa shape index (κ2) is 4.92. The molecule has 5 heteroatoms. The summed E-state index contributed by atoms with van der Waals surface area (Å²) in [5.74, 6) is -0.0950. The lowest BCUT2D eigenvalue weighted by molar-refractivity contribution is -0.678. The molecule has 0 aromatic rings. The fourth-order valence-corrected chi connectivity index (χ4v) is 3.16. The van der Waals surface area contributed by atoms with E-state index in [1.165, 1.54) is 7.11 Å². The van der Waals surface area contributed by atoms with Crippen molar-refractivity contribution >= 4 is 5.97 Å². The van der Waals surface area contributed by atoms with Crippen LogP contribution in [0.2, 0.25) is 0 Å². The summed E-state index contributed by atoms with van der Waals surface area (Å²) in [7, 11) is 3.50. The normalized spacial score (nSPS) is 35.0. The molecule has 2 aliphatic rings. The van der Waals surface area contributed by atoms with Crippen LogP contribution in [0.1, 0.15) is 20.3 Å². The molecule has 0 aliphatic carbocycles. The lowest BCUT2D eigenvalue weighted by Crippen LogP contribution is -2.89. The second-order valence-corrected chi connectivity index (χ2v) is 5.47. The van der Waals surface area contributed by atoms with E-state index < -0.39 is 0 Å². The van der Waals surface area contributed by atoms with Gasteiger partial charge in [-0.2, -0.15) is 0 Å². The van der Waals surface area contributed by atoms with E-state index in [0.29, 0.717) is 18.1 Å². The molecule has 98 valence electrons. The summed E-state index contributed by atoms with van der Waals surface area (Å²) < 4.78 is 4.87. The van der Waals surface area contributed by atoms with Crippen molar-refractivity contribution < 1.29 is 14.8 Å². The number of hydrogen-bond donors (Lipinski definition) is 1. The van der Waals surface area contributed by atoms with Gasteiger partial charge in [0.05, 0.1) is 13.2 Å². The molecule has 3 atom stereocenters. The van der Waals surface area contributed by atoms with Crippen LogP contribution in [0.25, 0.3) is 0 Å². The molecule has 2 fully saturated rings. The molecule has 0 aromatic carbocycles. The summed E-state index contributed by atoms with van der Waals surface area (Å²) in [4.78, 5) is 16.4. The van der Waals surface area contributed by atoms with Crippen molar-refractivity contribution in [3.05, 3.63) is 0 Å². The van der Waals surface area contributed by atoms with E-state index in [9.17, 15) is 4.79 Å². The molecule has 0 amide bonds. The van der Waals surface area contributed by atoms with Gasteiger partial charge >= 0.3 is 5.97 Å². The number of hydrogen-bond acceptors (Lipinski definition) is 4. The van der Waals surface area contributed by atoms with Gasteiger partial charge in [0.1, 0.15) is 18.8 Å². The van der Waals surface area contributed by atoms with Crippen molar-refractivity contribution in [2.75, 3.05) is 27.4 Å². The zero-order valence-corrected chi connectivity index (χ0v) is 11.2. The highest BCUT2D eigenvalue weighted by Crippen LogP contribution is 2.22. The molecule has 2 saturated heterocycles. The molecule has 0 aromatic heterocycles. The van der Waals surface area contributed by atoms with Gasteiger partial charge in [0.25, 0.3) is 0 Å². The average molecular weight is 242 g/mol. The number of fused-ring (bicyclic) bond motifs is 1. The Hall–Kier alpha value is -0.650. The molecule has 0 saturated carbocycles. The monoisotopic (exact) mass is 242 g/mol. The SMILES string of the molecule is COC(=O)[C@@H]1CC2[NH2+]CN(C(C)C)C2CN1C. The van der Waals surface area contributed by atoms with Crippen LogP contribution in [0.3, 0.4) is 0 Å². The number of methoxy groups -OCH3 is 1. The van der Waals surface area contributed by atoms with Crippen LogP contribution in [-0.4, -0.2) is 67.3 Å². The van der Waals surface area contributed by atoms with Gasteiger partial charge in [0.15, 0.2) is 0 Å². The number of ether oxygens (including phenoxy) is 1. The number of quaternary nitrogens is 1. The Bertz CT molecular complexity index is 295. The summed E-state index contributed by atoms with van der Waals surface area (Å²) in [6.45, 7) is 6.49. The van der Waals surface area contributed by atoms with Gasteiger partial charge < -0.3 is 10.1 Å². The van der Waals surface area contributed by atoms with E-state index in [1.807, 2.05) is 7.05 Å². The Kier molecular flexibility index (Phi) is 3.70. The topological polar surface area (TPSA) is 49.4 Å². The maximum atomic E-state index is 11.7. The predicted molar refractivity (Wildman–Crippen MR) is 64.4 cm³/mol. The van der Waals surface area contributed by atoms with Crippen molar-refractivity contribution in [1.82, 2.24) is 9.80 Å². The first-order chi connectivity index (χ1) is 8.04. The molecular formula is C12H24N3O2+. The van der Waals surface area contributed by atoms with E-state index in [1.54, 1.807) is 0 Å². The zero-order chi connectivity index (χ0) is 12.6. The number of likely N-dealkylation sites (tertiary alicyclic amines) is 1. The molecule has 2 N–H and O–H groups in total. The molecule has 0 radical (unpaired) electrons. The lowest BCUT2D eigenvalue weighted by atomic mass is 9.93. The number of carbonyl (C=O) groups is 1. The Labute approximate surface area is 103 Å². The van der Waals surface area contributed by atoms with Gasteiger partial charge in [0, 0.05) is 19.0 Å². The molecule has 2 aliphatic heterocycles. The van der Waals surface area contributed by atoms with Crippen molar-refractivity contribution in [2.45, 2.75) is 44.4 Å². The first-order valence-electron chi connectivity index (χ1n) is 6.41. The molecule has 2 unspecified atom stereocenters. The Morgan fingerprint density at radius 3 is 2.76 bits per heavy atom. The largest absolute Gasteiger partial charge is 0.468 e. The fourth-order valence-electron chi connectivity index (χ4n) is 3.16. The first kappa shape index (κ1) is 12.8. The van der Waals surface area contributed by atoms with Crippen LogP contribution in [0.4, 0.5) is 0 Å². The number of esters is 1. The van der Waals surface area contributed by atoms with Gasteiger partial charge in [-0.15, -0.1) is 0 Å². The number of nitrogens with zero attached hydrogens (tertiary/aromatic N) is 2. The van der Waals surface area contributed by atoms with E-state index in [2.05, 4.69) is 29.0 Å². The van der Waals surface area contributed by atoms with Crippen molar-refractivity contribution in [2.24, 2.45) is 0 Å². The molecule has 0 bridgehead atoms. The highest BCUT2D eigenvalue weighted by Gasteiger charge is 2.47. The third-order valence-electron chi connectivity index (χ3n) is 4.18. The highest BCUT2D eigenvalue weighted by atomic mass is 16.5. The number of nitrogens with two attached hydrogens (primary N) is 1. The van der Waals surface area contributed by atoms with Crippen LogP contribution < -0.4 is 5.32 Å². The summed E-state index contributed by atoms with van der Waals surface area (Å²) in [6.07, 6.45) is 0.900. The maximum absolute atomic E-state index is 11.7. The molecule has 0 spiro atoms. The third-order valence-corrected chi connectivity index (χ3v) is 4.18. The van der Waals surface area contributed by atoms with Gasteiger partial charge in [-0.25, -0.2) is 4.90 Å². The lowest BCUT2D eigenvalue weighted by Gasteiger charge is -2.38. The van der Waals surface area contributed by atoms with Crippen LogP contribution in [-0.2, 0) is 9.53 Å². The minimum atomic E-state index is -0.0950. The number of piperidine rings is 1. The van der Waals surface area contributed by atoms with Crippen LogP contribution >= 0.6 is 0 Å². The summed E-state index contributed by atoms with van der Waals surface area (Å²) in [5.41, 5.74) is 0. The van der Waals surface area contributed by atoms with E-state index in [4.69, 9.17) is 4.74 Å². The highest BCUT2D eigenvalue weighted by molar-refractivity contribution is 5.75. The molecular weight excluding hydrogens is 218 g/mol. The third kappa shape index (κ3) is 2.32. The van der Waals surface area contributed by atoms with E-state index in [0.717, 1.165) is 19.6 Å². The molecule has 2 heterocycles. The molecule has 5 nitrogen and oxygen atoms in total. The van der Waals surface area contributed by atoms with Gasteiger partial charge in [0.2, 0.25) is 0 Å². The predicted octanol–water partition coefficient (Wildman–Crippen LogP) is -1.15. The Morgan fingerprint density at radius 2 is 2.18 bits per heavy atom. The Balaban J connectivity index is 2.05. The fraction of sp³-hybridized carbons (Fsp3) is 0.917. The zero-order valence-electron chi connectivity index (χ0n) is 11.2. The van der Waals surface area contributed by atoms with Crippen LogP contribution in [0, 0.1) is 0 Å². The second-order valence-electron chi connectivity index (χ2n) is 5.47. The number of likely N-dealkylation sites (N-methyl/N-ethyl adjacent to an activating group) is 1. The van der Waals surface area contributed by atoms with Crippen molar-refractivity contribution in [3.8, 4) is 0 Å². The van der Waals surface area contributed by atoms with E-state index in [-0.39, 0.29) is 12.0 Å². The van der Waals surface area contributed by atoms with Gasteiger partial charge in [-0.05, 0) is 20.9 Å². The number of carbonyl (C=O) groups excluding carboxylic acids is 1. The van der Waals surface area contributed by atoms with Crippen LogP contribution in [0.5, 0.6) is 0 Å². The van der Waals surface area contributed by atoms with Gasteiger partial charge in [-0.1, -0.05) is 0 Å². The summed E-state index contributed by atoms with van der Waals surface area (Å²) in [5, 5.41) is 2.37. The van der Waals surface area contributed by atoms with Crippen molar-refractivity contribution in [1.29, 1.82) is 0 Å². The van der Waals surface area contributed by atoms with E-state index >= 15 is 0 Å². The minimum absolute atomic E-state index is 0.0652. The minimum Gasteiger partial charge on any atom is -0.468 e. The molecule has 2 rings (SSSR count). The molecule has 17 heavy (non-hydrogen) atoms. The standard InChI is InChI=1S/C12H23N3O2/c1-8(2)15-7-13-9-5-10(12(16)17-4)14(3)6-11(9)15/h8-11,13H,5-7H2,1-4H3/p+1/t9?,10-,11?/m0/s1. The van der Waals surface area contributed by atoms with Gasteiger partial charge in [-0.3, -0.25) is 9.69 Å². The average Bonchev–Trinajstić information content (AvgIpc) is 2.69. The Morgan fingerprint density at radius 1 is 1.47 bits per heavy atom. The summed E-state index contributed by atoms with van der Waals surface area (Å²) in [6, 6.07) is 1.62. The van der Waals surface area contributed by atoms with Crippen molar-refractivity contribution in [3.63, 3.8) is 0 Å². The summed E-state index contributed by atoms with van der Waals surface area (Å²) >= 11 is 0. The van der Waals surface area contributed by atoms with Crippen LogP contribution in [0.15, 0.2) is 0 Å². The smallest absolute Gasteiger partial charge is 0.323 e. The first-order valence-corrected chi connectivity index (χ1v) is 6.41. The number of rotatable bonds is 2.